The Labute approximate surface area is 147 Å². The van der Waals surface area contributed by atoms with Crippen LogP contribution in [0.4, 0.5) is 0 Å². The summed E-state index contributed by atoms with van der Waals surface area (Å²) in [4.78, 5) is 24.7. The average Bonchev–Trinajstić information content (AvgIpc) is 2.61. The SMILES string of the molecule is CCCCOC(=O)C1CC=CCC1C(=O)OCC(CC)CCCC. The van der Waals surface area contributed by atoms with Crippen LogP contribution in [0.3, 0.4) is 0 Å². The van der Waals surface area contributed by atoms with Crippen LogP contribution in [0.5, 0.6) is 0 Å². The van der Waals surface area contributed by atoms with Crippen LogP contribution in [0.2, 0.25) is 0 Å². The molecule has 4 nitrogen and oxygen atoms in total. The van der Waals surface area contributed by atoms with E-state index in [1.807, 2.05) is 12.2 Å². The fourth-order valence-electron chi connectivity index (χ4n) is 2.96. The van der Waals surface area contributed by atoms with Crippen LogP contribution in [-0.4, -0.2) is 25.2 Å². The van der Waals surface area contributed by atoms with Crippen molar-refractivity contribution in [1.29, 1.82) is 0 Å². The van der Waals surface area contributed by atoms with Crippen molar-refractivity contribution in [3.05, 3.63) is 12.2 Å². The largest absolute Gasteiger partial charge is 0.465 e. The molecule has 0 bridgehead atoms. The highest BCUT2D eigenvalue weighted by Crippen LogP contribution is 2.28. The first-order valence-electron chi connectivity index (χ1n) is 9.62. The van der Waals surface area contributed by atoms with Gasteiger partial charge in [0.1, 0.15) is 0 Å². The van der Waals surface area contributed by atoms with Crippen molar-refractivity contribution in [1.82, 2.24) is 0 Å². The molecule has 3 unspecified atom stereocenters. The first kappa shape index (κ1) is 20.7. The zero-order valence-corrected chi connectivity index (χ0v) is 15.6. The van der Waals surface area contributed by atoms with E-state index >= 15 is 0 Å². The number of carbonyl (C=O) groups excluding carboxylic acids is 2. The standard InChI is InChI=1S/C20H34O4/c1-4-7-11-16(6-3)15-24-20(22)18-13-10-9-12-17(18)19(21)23-14-8-5-2/h9-10,16-18H,4-8,11-15H2,1-3H3. The van der Waals surface area contributed by atoms with Gasteiger partial charge in [-0.25, -0.2) is 0 Å². The van der Waals surface area contributed by atoms with Gasteiger partial charge in [-0.15, -0.1) is 0 Å². The van der Waals surface area contributed by atoms with Crippen LogP contribution >= 0.6 is 0 Å². The second-order valence-corrected chi connectivity index (χ2v) is 6.72. The van der Waals surface area contributed by atoms with E-state index in [1.54, 1.807) is 0 Å². The highest BCUT2D eigenvalue weighted by molar-refractivity contribution is 5.82. The average molecular weight is 338 g/mol. The molecule has 24 heavy (non-hydrogen) atoms. The summed E-state index contributed by atoms with van der Waals surface area (Å²) in [5.41, 5.74) is 0. The summed E-state index contributed by atoms with van der Waals surface area (Å²) in [7, 11) is 0. The number of carbonyl (C=O) groups is 2. The summed E-state index contributed by atoms with van der Waals surface area (Å²) in [6.45, 7) is 7.26. The van der Waals surface area contributed by atoms with Gasteiger partial charge in [-0.1, -0.05) is 58.6 Å². The van der Waals surface area contributed by atoms with E-state index in [9.17, 15) is 9.59 Å². The first-order valence-corrected chi connectivity index (χ1v) is 9.62. The second-order valence-electron chi connectivity index (χ2n) is 6.72. The van der Waals surface area contributed by atoms with E-state index in [1.165, 1.54) is 0 Å². The summed E-state index contributed by atoms with van der Waals surface area (Å²) in [5.74, 6) is -0.870. The normalized spacial score (nSPS) is 21.3. The van der Waals surface area contributed by atoms with Gasteiger partial charge in [-0.3, -0.25) is 9.59 Å². The Morgan fingerprint density at radius 3 is 2.08 bits per heavy atom. The van der Waals surface area contributed by atoms with Crippen LogP contribution in [-0.2, 0) is 19.1 Å². The van der Waals surface area contributed by atoms with Crippen molar-refractivity contribution in [2.45, 2.75) is 72.1 Å². The third-order valence-corrected chi connectivity index (χ3v) is 4.78. The molecule has 3 atom stereocenters. The molecule has 0 aliphatic heterocycles. The van der Waals surface area contributed by atoms with Crippen molar-refractivity contribution in [2.75, 3.05) is 13.2 Å². The van der Waals surface area contributed by atoms with E-state index in [2.05, 4.69) is 20.8 Å². The molecule has 0 aromatic rings. The zero-order chi connectivity index (χ0) is 17.8. The van der Waals surface area contributed by atoms with E-state index in [-0.39, 0.29) is 11.9 Å². The molecule has 4 heteroatoms. The molecular weight excluding hydrogens is 304 g/mol. The van der Waals surface area contributed by atoms with Crippen LogP contribution in [0.15, 0.2) is 12.2 Å². The highest BCUT2D eigenvalue weighted by Gasteiger charge is 2.36. The van der Waals surface area contributed by atoms with E-state index < -0.39 is 11.8 Å². The molecular formula is C20H34O4. The Balaban J connectivity index is 2.52. The molecule has 1 rings (SSSR count). The molecule has 1 aliphatic rings. The van der Waals surface area contributed by atoms with Gasteiger partial charge in [-0.2, -0.15) is 0 Å². The lowest BCUT2D eigenvalue weighted by Crippen LogP contribution is -2.34. The first-order chi connectivity index (χ1) is 11.6. The molecule has 0 aromatic carbocycles. The summed E-state index contributed by atoms with van der Waals surface area (Å²) in [6, 6.07) is 0. The maximum Gasteiger partial charge on any atom is 0.310 e. The van der Waals surface area contributed by atoms with E-state index in [0.717, 1.165) is 38.5 Å². The topological polar surface area (TPSA) is 52.6 Å². The molecule has 138 valence electrons. The van der Waals surface area contributed by atoms with Crippen LogP contribution in [0.1, 0.15) is 72.1 Å². The van der Waals surface area contributed by atoms with Crippen molar-refractivity contribution in [3.63, 3.8) is 0 Å². The molecule has 0 aromatic heterocycles. The Morgan fingerprint density at radius 1 is 0.958 bits per heavy atom. The Bertz CT molecular complexity index is 402. The number of rotatable bonds is 11. The molecule has 0 N–H and O–H groups in total. The van der Waals surface area contributed by atoms with Crippen LogP contribution < -0.4 is 0 Å². The van der Waals surface area contributed by atoms with Crippen LogP contribution in [0.25, 0.3) is 0 Å². The molecule has 1 aliphatic carbocycles. The number of hydrogen-bond acceptors (Lipinski definition) is 4. The van der Waals surface area contributed by atoms with E-state index in [4.69, 9.17) is 9.47 Å². The van der Waals surface area contributed by atoms with Gasteiger partial charge in [0.25, 0.3) is 0 Å². The van der Waals surface area contributed by atoms with Gasteiger partial charge in [0.05, 0.1) is 25.0 Å². The smallest absolute Gasteiger partial charge is 0.310 e. The Hall–Kier alpha value is -1.32. The molecule has 0 radical (unpaired) electrons. The third-order valence-electron chi connectivity index (χ3n) is 4.78. The minimum Gasteiger partial charge on any atom is -0.465 e. The van der Waals surface area contributed by atoms with Gasteiger partial charge in [0, 0.05) is 0 Å². The summed E-state index contributed by atoms with van der Waals surface area (Å²) in [5, 5.41) is 0. The predicted molar refractivity (Wildman–Crippen MR) is 95.5 cm³/mol. The quantitative estimate of drug-likeness (QED) is 0.312. The Kier molecular flexibility index (Phi) is 10.4. The molecule has 0 heterocycles. The fraction of sp³-hybridized carbons (Fsp3) is 0.800. The number of ether oxygens (including phenoxy) is 2. The van der Waals surface area contributed by atoms with Crippen molar-refractivity contribution >= 4 is 11.9 Å². The fourth-order valence-corrected chi connectivity index (χ4v) is 2.96. The number of unbranched alkanes of at least 4 members (excludes halogenated alkanes) is 2. The number of esters is 2. The predicted octanol–water partition coefficient (Wildman–Crippen LogP) is 4.67. The third kappa shape index (κ3) is 7.06. The van der Waals surface area contributed by atoms with Crippen molar-refractivity contribution < 1.29 is 19.1 Å². The summed E-state index contributed by atoms with van der Waals surface area (Å²) in [6.07, 6.45) is 11.3. The van der Waals surface area contributed by atoms with Crippen LogP contribution in [0, 0.1) is 17.8 Å². The monoisotopic (exact) mass is 338 g/mol. The second kappa shape index (κ2) is 12.1. The molecule has 0 fully saturated rings. The molecule has 0 saturated heterocycles. The van der Waals surface area contributed by atoms with Gasteiger partial charge in [0.2, 0.25) is 0 Å². The number of hydrogen-bond donors (Lipinski definition) is 0. The molecule has 0 amide bonds. The van der Waals surface area contributed by atoms with Gasteiger partial charge < -0.3 is 9.47 Å². The zero-order valence-electron chi connectivity index (χ0n) is 15.6. The van der Waals surface area contributed by atoms with Gasteiger partial charge >= 0.3 is 11.9 Å². The lowest BCUT2D eigenvalue weighted by molar-refractivity contribution is -0.162. The van der Waals surface area contributed by atoms with Gasteiger partial charge in [-0.05, 0) is 31.6 Å². The molecule has 0 spiro atoms. The minimum atomic E-state index is -0.396. The number of allylic oxidation sites excluding steroid dienone is 2. The van der Waals surface area contributed by atoms with Crippen molar-refractivity contribution in [3.8, 4) is 0 Å². The van der Waals surface area contributed by atoms with E-state index in [0.29, 0.717) is 32.0 Å². The lowest BCUT2D eigenvalue weighted by Gasteiger charge is -2.26. The highest BCUT2D eigenvalue weighted by atomic mass is 16.5. The maximum atomic E-state index is 12.5. The minimum absolute atomic E-state index is 0.244. The maximum absolute atomic E-state index is 12.5. The summed E-state index contributed by atoms with van der Waals surface area (Å²) >= 11 is 0. The Morgan fingerprint density at radius 2 is 1.54 bits per heavy atom. The summed E-state index contributed by atoms with van der Waals surface area (Å²) < 4.78 is 10.9. The lowest BCUT2D eigenvalue weighted by atomic mass is 9.83. The van der Waals surface area contributed by atoms with Gasteiger partial charge in [0.15, 0.2) is 0 Å². The molecule has 0 saturated carbocycles. The van der Waals surface area contributed by atoms with Crippen molar-refractivity contribution in [2.24, 2.45) is 17.8 Å².